The van der Waals surface area contributed by atoms with Crippen molar-refractivity contribution in [3.63, 3.8) is 0 Å². The van der Waals surface area contributed by atoms with Gasteiger partial charge in [0, 0.05) is 32.7 Å². The summed E-state index contributed by atoms with van der Waals surface area (Å²) in [5.74, 6) is 0.809. The van der Waals surface area contributed by atoms with Crippen LogP contribution in [0.15, 0.2) is 12.2 Å². The molecular weight excluding hydrogens is 228 g/mol. The maximum absolute atomic E-state index is 11.6. The molecule has 2 aliphatic rings. The molecular formula is C14H24N2O2. The van der Waals surface area contributed by atoms with Crippen molar-refractivity contribution < 1.29 is 9.53 Å². The van der Waals surface area contributed by atoms with Gasteiger partial charge < -0.3 is 9.64 Å². The molecule has 1 fully saturated rings. The van der Waals surface area contributed by atoms with E-state index in [1.807, 2.05) is 11.8 Å². The summed E-state index contributed by atoms with van der Waals surface area (Å²) in [6.45, 7) is 7.08. The van der Waals surface area contributed by atoms with Crippen LogP contribution in [0, 0.1) is 5.92 Å². The van der Waals surface area contributed by atoms with Gasteiger partial charge in [0.05, 0.1) is 6.61 Å². The number of piperazine rings is 1. The van der Waals surface area contributed by atoms with E-state index in [9.17, 15) is 4.79 Å². The van der Waals surface area contributed by atoms with Gasteiger partial charge in [-0.15, -0.1) is 0 Å². The molecule has 0 aromatic rings. The first-order valence-corrected chi connectivity index (χ1v) is 7.08. The third-order valence-electron chi connectivity index (χ3n) is 3.79. The number of amides is 1. The van der Waals surface area contributed by atoms with Gasteiger partial charge in [-0.05, 0) is 32.1 Å². The van der Waals surface area contributed by atoms with Gasteiger partial charge in [0.2, 0.25) is 0 Å². The van der Waals surface area contributed by atoms with E-state index in [1.54, 1.807) is 0 Å². The fourth-order valence-corrected chi connectivity index (χ4v) is 2.72. The van der Waals surface area contributed by atoms with Crippen molar-refractivity contribution >= 4 is 6.09 Å². The standard InChI is InChI=1S/C14H24N2O2/c1-2-18-14(17)16-10-8-15(9-11-16)12-13-6-4-3-5-7-13/h3-4,13H,2,5-12H2,1H3. The fourth-order valence-electron chi connectivity index (χ4n) is 2.72. The van der Waals surface area contributed by atoms with E-state index in [0.717, 1.165) is 32.1 Å². The molecule has 1 saturated heterocycles. The van der Waals surface area contributed by atoms with Crippen molar-refractivity contribution in [3.8, 4) is 0 Å². The van der Waals surface area contributed by atoms with Gasteiger partial charge in [0.1, 0.15) is 0 Å². The predicted molar refractivity (Wildman–Crippen MR) is 71.5 cm³/mol. The van der Waals surface area contributed by atoms with Crippen LogP contribution in [0.25, 0.3) is 0 Å². The summed E-state index contributed by atoms with van der Waals surface area (Å²) < 4.78 is 5.03. The molecule has 2 rings (SSSR count). The second-order valence-corrected chi connectivity index (χ2v) is 5.14. The van der Waals surface area contributed by atoms with E-state index in [1.165, 1.54) is 25.8 Å². The number of rotatable bonds is 3. The lowest BCUT2D eigenvalue weighted by atomic mass is 9.94. The summed E-state index contributed by atoms with van der Waals surface area (Å²) in [7, 11) is 0. The highest BCUT2D eigenvalue weighted by molar-refractivity contribution is 5.67. The molecule has 1 aliphatic heterocycles. The summed E-state index contributed by atoms with van der Waals surface area (Å²) in [5, 5.41) is 0. The van der Waals surface area contributed by atoms with Crippen molar-refractivity contribution in [2.45, 2.75) is 26.2 Å². The van der Waals surface area contributed by atoms with Crippen molar-refractivity contribution in [1.29, 1.82) is 0 Å². The minimum absolute atomic E-state index is 0.155. The van der Waals surface area contributed by atoms with E-state index in [0.29, 0.717) is 6.61 Å². The second kappa shape index (κ2) is 6.78. The Morgan fingerprint density at radius 3 is 2.67 bits per heavy atom. The zero-order valence-electron chi connectivity index (χ0n) is 11.3. The molecule has 0 spiro atoms. The summed E-state index contributed by atoms with van der Waals surface area (Å²) >= 11 is 0. The van der Waals surface area contributed by atoms with Crippen LogP contribution in [0.5, 0.6) is 0 Å². The van der Waals surface area contributed by atoms with Gasteiger partial charge in [-0.3, -0.25) is 4.90 Å². The van der Waals surface area contributed by atoms with Gasteiger partial charge >= 0.3 is 6.09 Å². The first-order chi connectivity index (χ1) is 8.79. The molecule has 4 nitrogen and oxygen atoms in total. The Bertz CT molecular complexity index is 296. The molecule has 1 amide bonds. The summed E-state index contributed by atoms with van der Waals surface area (Å²) in [4.78, 5) is 15.9. The number of allylic oxidation sites excluding steroid dienone is 2. The Balaban J connectivity index is 1.69. The summed E-state index contributed by atoms with van der Waals surface area (Å²) in [6, 6.07) is 0. The number of hydrogen-bond donors (Lipinski definition) is 0. The van der Waals surface area contributed by atoms with Gasteiger partial charge in [-0.25, -0.2) is 4.79 Å². The van der Waals surface area contributed by atoms with E-state index in [-0.39, 0.29) is 6.09 Å². The van der Waals surface area contributed by atoms with Crippen LogP contribution in [0.4, 0.5) is 4.79 Å². The SMILES string of the molecule is CCOC(=O)N1CCN(CC2CC=CCC2)CC1. The average molecular weight is 252 g/mol. The number of ether oxygens (including phenoxy) is 1. The van der Waals surface area contributed by atoms with Crippen molar-refractivity contribution in [1.82, 2.24) is 9.80 Å². The molecule has 0 N–H and O–H groups in total. The first-order valence-electron chi connectivity index (χ1n) is 7.08. The molecule has 4 heteroatoms. The molecule has 1 aliphatic carbocycles. The Morgan fingerprint density at radius 2 is 2.06 bits per heavy atom. The Kier molecular flexibility index (Phi) is 5.05. The zero-order chi connectivity index (χ0) is 12.8. The monoisotopic (exact) mass is 252 g/mol. The Hall–Kier alpha value is -1.03. The normalized spacial score (nSPS) is 25.2. The lowest BCUT2D eigenvalue weighted by Gasteiger charge is -2.36. The predicted octanol–water partition coefficient (Wildman–Crippen LogP) is 2.12. The van der Waals surface area contributed by atoms with E-state index < -0.39 is 0 Å². The Morgan fingerprint density at radius 1 is 1.28 bits per heavy atom. The third kappa shape index (κ3) is 3.73. The van der Waals surface area contributed by atoms with Gasteiger partial charge in [0.25, 0.3) is 0 Å². The maximum atomic E-state index is 11.6. The second-order valence-electron chi connectivity index (χ2n) is 5.14. The molecule has 0 aromatic carbocycles. The summed E-state index contributed by atoms with van der Waals surface area (Å²) in [6.07, 6.45) is 8.20. The van der Waals surface area contributed by atoms with Gasteiger partial charge in [0.15, 0.2) is 0 Å². The number of carbonyl (C=O) groups excluding carboxylic acids is 1. The van der Waals surface area contributed by atoms with E-state index >= 15 is 0 Å². The molecule has 0 saturated carbocycles. The van der Waals surface area contributed by atoms with Crippen molar-refractivity contribution in [3.05, 3.63) is 12.2 Å². The molecule has 1 heterocycles. The average Bonchev–Trinajstić information content (AvgIpc) is 2.41. The van der Waals surface area contributed by atoms with Crippen LogP contribution in [-0.2, 0) is 4.74 Å². The maximum Gasteiger partial charge on any atom is 0.409 e. The van der Waals surface area contributed by atoms with Crippen LogP contribution in [0.1, 0.15) is 26.2 Å². The van der Waals surface area contributed by atoms with Crippen LogP contribution in [0.3, 0.4) is 0 Å². The minimum atomic E-state index is -0.155. The van der Waals surface area contributed by atoms with Crippen LogP contribution in [-0.4, -0.2) is 55.2 Å². The molecule has 102 valence electrons. The zero-order valence-corrected chi connectivity index (χ0v) is 11.3. The first kappa shape index (κ1) is 13.4. The topological polar surface area (TPSA) is 32.8 Å². The van der Waals surface area contributed by atoms with Crippen LogP contribution >= 0.6 is 0 Å². The lowest BCUT2D eigenvalue weighted by molar-refractivity contribution is 0.0747. The quantitative estimate of drug-likeness (QED) is 0.721. The molecule has 0 radical (unpaired) electrons. The largest absolute Gasteiger partial charge is 0.450 e. The molecule has 18 heavy (non-hydrogen) atoms. The summed E-state index contributed by atoms with van der Waals surface area (Å²) in [5.41, 5.74) is 0. The van der Waals surface area contributed by atoms with Crippen LogP contribution < -0.4 is 0 Å². The highest BCUT2D eigenvalue weighted by Gasteiger charge is 2.23. The van der Waals surface area contributed by atoms with Crippen LogP contribution in [0.2, 0.25) is 0 Å². The molecule has 1 atom stereocenters. The highest BCUT2D eigenvalue weighted by atomic mass is 16.6. The number of hydrogen-bond acceptors (Lipinski definition) is 3. The number of nitrogens with zero attached hydrogens (tertiary/aromatic N) is 2. The lowest BCUT2D eigenvalue weighted by Crippen LogP contribution is -2.49. The van der Waals surface area contributed by atoms with Crippen molar-refractivity contribution in [2.75, 3.05) is 39.3 Å². The molecule has 1 unspecified atom stereocenters. The molecule has 0 aromatic heterocycles. The fraction of sp³-hybridized carbons (Fsp3) is 0.786. The third-order valence-corrected chi connectivity index (χ3v) is 3.79. The molecule has 0 bridgehead atoms. The highest BCUT2D eigenvalue weighted by Crippen LogP contribution is 2.19. The van der Waals surface area contributed by atoms with Gasteiger partial charge in [-0.1, -0.05) is 12.2 Å². The van der Waals surface area contributed by atoms with Crippen molar-refractivity contribution in [2.24, 2.45) is 5.92 Å². The minimum Gasteiger partial charge on any atom is -0.450 e. The Labute approximate surface area is 110 Å². The van der Waals surface area contributed by atoms with E-state index in [2.05, 4.69) is 17.1 Å². The van der Waals surface area contributed by atoms with Gasteiger partial charge in [-0.2, -0.15) is 0 Å². The smallest absolute Gasteiger partial charge is 0.409 e. The van der Waals surface area contributed by atoms with E-state index in [4.69, 9.17) is 4.74 Å². The number of carbonyl (C=O) groups is 1.